The minimum Gasteiger partial charge on any atom is -0.394 e. The van der Waals surface area contributed by atoms with Gasteiger partial charge in [0.1, 0.15) is 0 Å². The second kappa shape index (κ2) is 7.26. The number of fused-ring (bicyclic) bond motifs is 1. The molecule has 0 radical (unpaired) electrons. The molecule has 0 saturated heterocycles. The highest BCUT2D eigenvalue weighted by atomic mass is 16.5. The Labute approximate surface area is 113 Å². The second-order valence-electron chi connectivity index (χ2n) is 4.82. The van der Waals surface area contributed by atoms with E-state index in [2.05, 4.69) is 17.4 Å². The number of ether oxygens (including phenoxy) is 1. The number of amides is 1. The number of carbonyl (C=O) groups excluding carboxylic acids is 1. The molecular formula is C15H21NO3. The first-order valence-electron chi connectivity index (χ1n) is 6.85. The standard InChI is InChI=1S/C15H21NO3/c17-7-9-19-8-6-16-15(18)11-12-4-5-13-2-1-3-14(13)10-12/h4-5,10,17H,1-3,6-9,11H2,(H,16,18). The van der Waals surface area contributed by atoms with Crippen LogP contribution in [0.25, 0.3) is 0 Å². The number of aliphatic hydroxyl groups is 1. The van der Waals surface area contributed by atoms with Crippen LogP contribution in [0.1, 0.15) is 23.1 Å². The van der Waals surface area contributed by atoms with Crippen molar-refractivity contribution in [2.45, 2.75) is 25.7 Å². The zero-order valence-electron chi connectivity index (χ0n) is 11.2. The highest BCUT2D eigenvalue weighted by Gasteiger charge is 2.11. The van der Waals surface area contributed by atoms with Crippen LogP contribution in [-0.4, -0.2) is 37.4 Å². The Morgan fingerprint density at radius 2 is 2.11 bits per heavy atom. The molecule has 1 aliphatic rings. The van der Waals surface area contributed by atoms with Crippen LogP contribution in [0, 0.1) is 0 Å². The predicted octanol–water partition coefficient (Wildman–Crippen LogP) is 0.843. The zero-order valence-corrected chi connectivity index (χ0v) is 11.2. The number of aryl methyl sites for hydroxylation is 2. The topological polar surface area (TPSA) is 58.6 Å². The van der Waals surface area contributed by atoms with Crippen LogP contribution in [0.2, 0.25) is 0 Å². The van der Waals surface area contributed by atoms with E-state index in [1.807, 2.05) is 6.07 Å². The van der Waals surface area contributed by atoms with Gasteiger partial charge < -0.3 is 15.2 Å². The maximum absolute atomic E-state index is 11.7. The first-order chi connectivity index (χ1) is 9.29. The number of nitrogens with one attached hydrogen (secondary N) is 1. The fourth-order valence-electron chi connectivity index (χ4n) is 2.41. The summed E-state index contributed by atoms with van der Waals surface area (Å²) in [5, 5.41) is 11.3. The first-order valence-corrected chi connectivity index (χ1v) is 6.85. The molecule has 0 bridgehead atoms. The smallest absolute Gasteiger partial charge is 0.224 e. The Morgan fingerprint density at radius 3 is 2.95 bits per heavy atom. The van der Waals surface area contributed by atoms with E-state index in [1.54, 1.807) is 0 Å². The Hall–Kier alpha value is -1.39. The van der Waals surface area contributed by atoms with E-state index in [-0.39, 0.29) is 12.5 Å². The quantitative estimate of drug-likeness (QED) is 0.717. The fraction of sp³-hybridized carbons (Fsp3) is 0.533. The molecule has 0 spiro atoms. The van der Waals surface area contributed by atoms with Gasteiger partial charge in [0.25, 0.3) is 0 Å². The van der Waals surface area contributed by atoms with Crippen molar-refractivity contribution in [3.63, 3.8) is 0 Å². The minimum atomic E-state index is 0.0169. The van der Waals surface area contributed by atoms with Gasteiger partial charge in [0.2, 0.25) is 5.91 Å². The van der Waals surface area contributed by atoms with Crippen molar-refractivity contribution in [3.8, 4) is 0 Å². The summed E-state index contributed by atoms with van der Waals surface area (Å²) in [5.41, 5.74) is 3.91. The lowest BCUT2D eigenvalue weighted by atomic mass is 10.0. The van der Waals surface area contributed by atoms with E-state index < -0.39 is 0 Å². The van der Waals surface area contributed by atoms with E-state index in [9.17, 15) is 4.79 Å². The van der Waals surface area contributed by atoms with Gasteiger partial charge in [-0.25, -0.2) is 0 Å². The predicted molar refractivity (Wildman–Crippen MR) is 73.1 cm³/mol. The van der Waals surface area contributed by atoms with Gasteiger partial charge in [0.15, 0.2) is 0 Å². The fourth-order valence-corrected chi connectivity index (χ4v) is 2.41. The Kier molecular flexibility index (Phi) is 5.36. The van der Waals surface area contributed by atoms with Crippen LogP contribution in [0.3, 0.4) is 0 Å². The van der Waals surface area contributed by atoms with E-state index >= 15 is 0 Å². The average Bonchev–Trinajstić information content (AvgIpc) is 2.86. The lowest BCUT2D eigenvalue weighted by Gasteiger charge is -2.07. The molecule has 104 valence electrons. The SMILES string of the molecule is O=C(Cc1ccc2c(c1)CCC2)NCCOCCO. The first kappa shape index (κ1) is 14.0. The van der Waals surface area contributed by atoms with Crippen LogP contribution in [0.15, 0.2) is 18.2 Å². The van der Waals surface area contributed by atoms with Gasteiger partial charge in [-0.15, -0.1) is 0 Å². The highest BCUT2D eigenvalue weighted by Crippen LogP contribution is 2.22. The average molecular weight is 263 g/mol. The molecule has 1 aliphatic carbocycles. The van der Waals surface area contributed by atoms with Crippen molar-refractivity contribution in [2.24, 2.45) is 0 Å². The molecule has 0 saturated carbocycles. The van der Waals surface area contributed by atoms with Crippen molar-refractivity contribution in [3.05, 3.63) is 34.9 Å². The second-order valence-corrected chi connectivity index (χ2v) is 4.82. The number of hydrogen-bond donors (Lipinski definition) is 2. The number of aliphatic hydroxyl groups excluding tert-OH is 1. The van der Waals surface area contributed by atoms with Crippen LogP contribution in [0.4, 0.5) is 0 Å². The Morgan fingerprint density at radius 1 is 1.26 bits per heavy atom. The number of rotatable bonds is 7. The van der Waals surface area contributed by atoms with Crippen molar-refractivity contribution >= 4 is 5.91 Å². The molecule has 2 rings (SSSR count). The molecule has 0 aromatic heterocycles. The van der Waals surface area contributed by atoms with Gasteiger partial charge in [0.05, 0.1) is 26.2 Å². The molecule has 0 aliphatic heterocycles. The van der Waals surface area contributed by atoms with E-state index in [0.29, 0.717) is 26.2 Å². The largest absolute Gasteiger partial charge is 0.394 e. The summed E-state index contributed by atoms with van der Waals surface area (Å²) in [6.07, 6.45) is 3.96. The summed E-state index contributed by atoms with van der Waals surface area (Å²) in [4.78, 5) is 11.7. The maximum atomic E-state index is 11.7. The molecule has 19 heavy (non-hydrogen) atoms. The van der Waals surface area contributed by atoms with Crippen molar-refractivity contribution in [1.29, 1.82) is 0 Å². The molecule has 2 N–H and O–H groups in total. The van der Waals surface area contributed by atoms with E-state index in [0.717, 1.165) is 12.0 Å². The summed E-state index contributed by atoms with van der Waals surface area (Å²) in [6, 6.07) is 6.35. The molecule has 0 unspecified atom stereocenters. The third-order valence-corrected chi connectivity index (χ3v) is 3.33. The molecular weight excluding hydrogens is 242 g/mol. The Balaban J connectivity index is 1.73. The van der Waals surface area contributed by atoms with Crippen LogP contribution >= 0.6 is 0 Å². The lowest BCUT2D eigenvalue weighted by Crippen LogP contribution is -2.28. The molecule has 0 atom stereocenters. The maximum Gasteiger partial charge on any atom is 0.224 e. The van der Waals surface area contributed by atoms with Crippen molar-refractivity contribution in [1.82, 2.24) is 5.32 Å². The number of benzene rings is 1. The normalized spacial score (nSPS) is 13.3. The zero-order chi connectivity index (χ0) is 13.5. The third kappa shape index (κ3) is 4.33. The molecule has 1 aromatic rings. The molecule has 1 amide bonds. The van der Waals surface area contributed by atoms with Gasteiger partial charge in [-0.2, -0.15) is 0 Å². The number of carbonyl (C=O) groups is 1. The molecule has 1 aromatic carbocycles. The van der Waals surface area contributed by atoms with Gasteiger partial charge in [-0.05, 0) is 36.0 Å². The summed E-state index contributed by atoms with van der Waals surface area (Å²) >= 11 is 0. The number of hydrogen-bond acceptors (Lipinski definition) is 3. The molecule has 0 heterocycles. The molecule has 4 heteroatoms. The summed E-state index contributed by atoms with van der Waals surface area (Å²) in [7, 11) is 0. The van der Waals surface area contributed by atoms with Crippen LogP contribution < -0.4 is 5.32 Å². The molecule has 0 fully saturated rings. The third-order valence-electron chi connectivity index (χ3n) is 3.33. The minimum absolute atomic E-state index is 0.0169. The Bertz CT molecular complexity index is 431. The summed E-state index contributed by atoms with van der Waals surface area (Å²) < 4.78 is 5.08. The van der Waals surface area contributed by atoms with Gasteiger partial charge >= 0.3 is 0 Å². The van der Waals surface area contributed by atoms with Gasteiger partial charge in [0, 0.05) is 6.54 Å². The summed E-state index contributed by atoms with van der Waals surface area (Å²) in [5.74, 6) is 0.0190. The van der Waals surface area contributed by atoms with Crippen LogP contribution in [-0.2, 0) is 28.8 Å². The van der Waals surface area contributed by atoms with E-state index in [4.69, 9.17) is 9.84 Å². The van der Waals surface area contributed by atoms with Gasteiger partial charge in [-0.1, -0.05) is 18.2 Å². The lowest BCUT2D eigenvalue weighted by molar-refractivity contribution is -0.120. The van der Waals surface area contributed by atoms with Gasteiger partial charge in [-0.3, -0.25) is 4.79 Å². The van der Waals surface area contributed by atoms with E-state index in [1.165, 1.54) is 24.0 Å². The monoisotopic (exact) mass is 263 g/mol. The van der Waals surface area contributed by atoms with Crippen LogP contribution in [0.5, 0.6) is 0 Å². The highest BCUT2D eigenvalue weighted by molar-refractivity contribution is 5.78. The van der Waals surface area contributed by atoms with Crippen molar-refractivity contribution in [2.75, 3.05) is 26.4 Å². The van der Waals surface area contributed by atoms with Crippen molar-refractivity contribution < 1.29 is 14.6 Å². The summed E-state index contributed by atoms with van der Waals surface area (Å²) in [6.45, 7) is 1.27. The molecule has 4 nitrogen and oxygen atoms in total.